The first kappa shape index (κ1) is 16.6. The Labute approximate surface area is 154 Å². The van der Waals surface area contributed by atoms with Gasteiger partial charge in [-0.2, -0.15) is 0 Å². The van der Waals surface area contributed by atoms with Crippen LogP contribution in [-0.2, 0) is 6.54 Å². The maximum atomic E-state index is 13.1. The maximum absolute atomic E-state index is 13.1. The van der Waals surface area contributed by atoms with E-state index in [0.29, 0.717) is 29.8 Å². The first-order valence-corrected chi connectivity index (χ1v) is 8.18. The Morgan fingerprint density at radius 1 is 0.926 bits per heavy atom. The third-order valence-corrected chi connectivity index (χ3v) is 3.75. The molecule has 0 atom stereocenters. The lowest BCUT2D eigenvalue weighted by molar-refractivity contribution is 0.572. The molecule has 0 saturated heterocycles. The van der Waals surface area contributed by atoms with Crippen LogP contribution in [0.15, 0.2) is 72.0 Å². The minimum absolute atomic E-state index is 0.264. The van der Waals surface area contributed by atoms with E-state index in [1.807, 2.05) is 12.1 Å². The highest BCUT2D eigenvalue weighted by atomic mass is 19.1. The molecule has 4 aromatic rings. The minimum atomic E-state index is -0.264. The van der Waals surface area contributed by atoms with Crippen LogP contribution in [0, 0.1) is 5.82 Å². The van der Waals surface area contributed by atoms with Crippen molar-refractivity contribution in [3.05, 3.63) is 79.0 Å². The van der Waals surface area contributed by atoms with Crippen LogP contribution in [0.3, 0.4) is 0 Å². The zero-order valence-electron chi connectivity index (χ0n) is 14.1. The molecule has 0 saturated carbocycles. The Bertz CT molecular complexity index is 1010. The van der Waals surface area contributed by atoms with E-state index in [-0.39, 0.29) is 5.82 Å². The van der Waals surface area contributed by atoms with Gasteiger partial charge in [0.2, 0.25) is 0 Å². The summed E-state index contributed by atoms with van der Waals surface area (Å²) >= 11 is 0. The lowest BCUT2D eigenvalue weighted by Gasteiger charge is -2.11. The van der Waals surface area contributed by atoms with Gasteiger partial charge in [0.25, 0.3) is 0 Å². The van der Waals surface area contributed by atoms with Crippen molar-refractivity contribution >= 4 is 17.5 Å². The minimum Gasteiger partial charge on any atom is -0.444 e. The topological polar surface area (TPSA) is 88.8 Å². The van der Waals surface area contributed by atoms with Crippen molar-refractivity contribution in [2.45, 2.75) is 6.54 Å². The molecule has 0 amide bonds. The Kier molecular flexibility index (Phi) is 4.69. The fourth-order valence-electron chi connectivity index (χ4n) is 2.48. The number of oxazole rings is 1. The van der Waals surface area contributed by atoms with Gasteiger partial charge in [-0.15, -0.1) is 0 Å². The standard InChI is InChI=1S/C19H15FN6O/c20-15-3-1-13(2-4-15)9-24-17-7-14(16-10-22-12-27-16)8-18(25-17)26-19-11-21-5-6-23-19/h1-8,10-12H,9H2,(H2,23,24,25,26). The van der Waals surface area contributed by atoms with Crippen molar-refractivity contribution in [2.75, 3.05) is 10.6 Å². The summed E-state index contributed by atoms with van der Waals surface area (Å²) in [6, 6.07) is 9.99. The van der Waals surface area contributed by atoms with E-state index in [0.717, 1.165) is 11.1 Å². The Morgan fingerprint density at radius 3 is 2.52 bits per heavy atom. The molecule has 0 aliphatic carbocycles. The van der Waals surface area contributed by atoms with E-state index in [1.54, 1.807) is 36.9 Å². The molecule has 2 N–H and O–H groups in total. The molecule has 3 heterocycles. The third kappa shape index (κ3) is 4.24. The number of pyridine rings is 1. The van der Waals surface area contributed by atoms with Gasteiger partial charge in [-0.05, 0) is 29.8 Å². The van der Waals surface area contributed by atoms with Gasteiger partial charge in [0.05, 0.1) is 12.4 Å². The van der Waals surface area contributed by atoms with E-state index in [4.69, 9.17) is 4.42 Å². The molecule has 0 radical (unpaired) electrons. The maximum Gasteiger partial charge on any atom is 0.181 e. The van der Waals surface area contributed by atoms with Gasteiger partial charge in [-0.1, -0.05) is 12.1 Å². The normalized spacial score (nSPS) is 10.6. The molecule has 0 unspecified atom stereocenters. The SMILES string of the molecule is Fc1ccc(CNc2cc(-c3cnco3)cc(Nc3cnccn3)n2)cc1. The van der Waals surface area contributed by atoms with Gasteiger partial charge in [-0.25, -0.2) is 19.3 Å². The van der Waals surface area contributed by atoms with E-state index in [1.165, 1.54) is 18.5 Å². The molecule has 0 fully saturated rings. The van der Waals surface area contributed by atoms with Crippen LogP contribution in [0.2, 0.25) is 0 Å². The van der Waals surface area contributed by atoms with Crippen LogP contribution in [0.25, 0.3) is 11.3 Å². The second-order valence-electron chi connectivity index (χ2n) is 5.69. The summed E-state index contributed by atoms with van der Waals surface area (Å²) in [6.45, 7) is 0.498. The van der Waals surface area contributed by atoms with E-state index in [2.05, 4.69) is 30.6 Å². The molecule has 0 bridgehead atoms. The monoisotopic (exact) mass is 362 g/mol. The smallest absolute Gasteiger partial charge is 0.181 e. The highest BCUT2D eigenvalue weighted by Gasteiger charge is 2.09. The van der Waals surface area contributed by atoms with Gasteiger partial charge in [0.1, 0.15) is 23.3 Å². The summed E-state index contributed by atoms with van der Waals surface area (Å²) < 4.78 is 18.4. The number of hydrogen-bond acceptors (Lipinski definition) is 7. The van der Waals surface area contributed by atoms with E-state index >= 15 is 0 Å². The molecule has 4 rings (SSSR count). The fraction of sp³-hybridized carbons (Fsp3) is 0.0526. The molecule has 134 valence electrons. The number of hydrogen-bond donors (Lipinski definition) is 2. The van der Waals surface area contributed by atoms with Gasteiger partial charge in [-0.3, -0.25) is 4.98 Å². The number of nitrogens with one attached hydrogen (secondary N) is 2. The third-order valence-electron chi connectivity index (χ3n) is 3.75. The number of nitrogens with zero attached hydrogens (tertiary/aromatic N) is 4. The average Bonchev–Trinajstić information content (AvgIpc) is 3.23. The molecule has 7 nitrogen and oxygen atoms in total. The molecule has 27 heavy (non-hydrogen) atoms. The van der Waals surface area contributed by atoms with Crippen LogP contribution in [0.5, 0.6) is 0 Å². The molecule has 1 aromatic carbocycles. The number of anilines is 3. The van der Waals surface area contributed by atoms with E-state index in [9.17, 15) is 4.39 Å². The Hall–Kier alpha value is -3.81. The van der Waals surface area contributed by atoms with Crippen LogP contribution >= 0.6 is 0 Å². The zero-order chi connectivity index (χ0) is 18.5. The van der Waals surface area contributed by atoms with Gasteiger partial charge < -0.3 is 15.1 Å². The quantitative estimate of drug-likeness (QED) is 0.535. The lowest BCUT2D eigenvalue weighted by Crippen LogP contribution is -2.04. The molecular weight excluding hydrogens is 347 g/mol. The second kappa shape index (κ2) is 7.61. The summed E-state index contributed by atoms with van der Waals surface area (Å²) in [5.74, 6) is 2.12. The van der Waals surface area contributed by atoms with Crippen LogP contribution in [0.1, 0.15) is 5.56 Å². The summed E-state index contributed by atoms with van der Waals surface area (Å²) in [6.07, 6.45) is 7.80. The van der Waals surface area contributed by atoms with Crippen molar-refractivity contribution in [3.63, 3.8) is 0 Å². The fourth-order valence-corrected chi connectivity index (χ4v) is 2.48. The summed E-state index contributed by atoms with van der Waals surface area (Å²) in [5, 5.41) is 6.35. The van der Waals surface area contributed by atoms with Gasteiger partial charge in [0, 0.05) is 24.5 Å². The van der Waals surface area contributed by atoms with Crippen LogP contribution in [0.4, 0.5) is 21.8 Å². The number of rotatable bonds is 6. The van der Waals surface area contributed by atoms with Crippen molar-refractivity contribution in [2.24, 2.45) is 0 Å². The number of aromatic nitrogens is 4. The predicted octanol–water partition coefficient (Wildman–Crippen LogP) is 4.02. The van der Waals surface area contributed by atoms with Crippen LogP contribution < -0.4 is 10.6 Å². The average molecular weight is 362 g/mol. The number of benzene rings is 1. The van der Waals surface area contributed by atoms with Crippen molar-refractivity contribution in [1.29, 1.82) is 0 Å². The summed E-state index contributed by atoms with van der Waals surface area (Å²) in [4.78, 5) is 16.7. The van der Waals surface area contributed by atoms with Crippen molar-refractivity contribution in [3.8, 4) is 11.3 Å². The van der Waals surface area contributed by atoms with Gasteiger partial charge in [0.15, 0.2) is 12.2 Å². The summed E-state index contributed by atoms with van der Waals surface area (Å²) in [7, 11) is 0. The lowest BCUT2D eigenvalue weighted by atomic mass is 10.2. The molecule has 8 heteroatoms. The highest BCUT2D eigenvalue weighted by molar-refractivity contribution is 5.68. The van der Waals surface area contributed by atoms with Gasteiger partial charge >= 0.3 is 0 Å². The largest absolute Gasteiger partial charge is 0.444 e. The zero-order valence-corrected chi connectivity index (χ0v) is 14.1. The predicted molar refractivity (Wildman–Crippen MR) is 98.8 cm³/mol. The molecule has 3 aromatic heterocycles. The second-order valence-corrected chi connectivity index (χ2v) is 5.69. The highest BCUT2D eigenvalue weighted by Crippen LogP contribution is 2.26. The molecular formula is C19H15FN6O. The van der Waals surface area contributed by atoms with Crippen molar-refractivity contribution < 1.29 is 8.81 Å². The van der Waals surface area contributed by atoms with E-state index < -0.39 is 0 Å². The summed E-state index contributed by atoms with van der Waals surface area (Å²) in [5.41, 5.74) is 1.74. The Morgan fingerprint density at radius 2 is 1.78 bits per heavy atom. The van der Waals surface area contributed by atoms with Crippen LogP contribution in [-0.4, -0.2) is 19.9 Å². The van der Waals surface area contributed by atoms with Crippen molar-refractivity contribution in [1.82, 2.24) is 19.9 Å². The first-order chi connectivity index (χ1) is 13.3. The number of halogens is 1. The Balaban J connectivity index is 1.60. The molecule has 0 aliphatic rings. The molecule has 0 spiro atoms. The molecule has 0 aliphatic heterocycles. The first-order valence-electron chi connectivity index (χ1n) is 8.18.